The molecule has 2 rings (SSSR count). The Morgan fingerprint density at radius 2 is 1.90 bits per heavy atom. The van der Waals surface area contributed by atoms with E-state index >= 15 is 0 Å². The number of likely N-dealkylation sites (tertiary alicyclic amines) is 1. The van der Waals surface area contributed by atoms with E-state index in [1.54, 1.807) is 11.8 Å². The highest BCUT2D eigenvalue weighted by Gasteiger charge is 2.23. The summed E-state index contributed by atoms with van der Waals surface area (Å²) in [6.07, 6.45) is 1.57. The van der Waals surface area contributed by atoms with Crippen LogP contribution in [0.4, 0.5) is 10.5 Å². The number of nitrogens with zero attached hydrogens (tertiary/aromatic N) is 1. The number of benzene rings is 1. The summed E-state index contributed by atoms with van der Waals surface area (Å²) in [5.41, 5.74) is 2.39. The minimum absolute atomic E-state index is 0.286. The fourth-order valence-electron chi connectivity index (χ4n) is 2.31. The number of nitrogens with one attached hydrogen (secondary N) is 1. The Hall–Kier alpha value is -1.97. The molecule has 1 amide bonds. The zero-order valence-corrected chi connectivity index (χ0v) is 12.2. The molecular weight excluding hydrogens is 252 g/mol. The SMILES string of the molecule is C=C(C)OC(=O)N1CCC(Nc2ccc(C)cc2)CC1. The lowest BCUT2D eigenvalue weighted by atomic mass is 10.0. The summed E-state index contributed by atoms with van der Waals surface area (Å²) in [6.45, 7) is 8.78. The van der Waals surface area contributed by atoms with Crippen LogP contribution in [-0.4, -0.2) is 30.1 Å². The minimum Gasteiger partial charge on any atom is -0.416 e. The molecule has 1 N–H and O–H groups in total. The molecule has 4 nitrogen and oxygen atoms in total. The van der Waals surface area contributed by atoms with Crippen molar-refractivity contribution in [3.05, 3.63) is 42.2 Å². The van der Waals surface area contributed by atoms with Gasteiger partial charge in [-0.15, -0.1) is 0 Å². The van der Waals surface area contributed by atoms with Gasteiger partial charge in [0.1, 0.15) is 0 Å². The largest absolute Gasteiger partial charge is 0.416 e. The van der Waals surface area contributed by atoms with Crippen molar-refractivity contribution in [2.45, 2.75) is 32.7 Å². The quantitative estimate of drug-likeness (QED) is 0.857. The highest BCUT2D eigenvalue weighted by Crippen LogP contribution is 2.18. The zero-order chi connectivity index (χ0) is 14.5. The molecule has 0 unspecified atom stereocenters. The Bertz CT molecular complexity index is 474. The number of aryl methyl sites for hydroxylation is 1. The van der Waals surface area contributed by atoms with Gasteiger partial charge in [-0.05, 0) is 38.8 Å². The van der Waals surface area contributed by atoms with Crippen LogP contribution in [0.3, 0.4) is 0 Å². The first-order valence-corrected chi connectivity index (χ1v) is 7.00. The van der Waals surface area contributed by atoms with E-state index in [4.69, 9.17) is 4.74 Å². The van der Waals surface area contributed by atoms with E-state index in [-0.39, 0.29) is 6.09 Å². The molecule has 108 valence electrons. The second-order valence-corrected chi connectivity index (χ2v) is 5.34. The molecule has 1 aliphatic heterocycles. The summed E-state index contributed by atoms with van der Waals surface area (Å²) >= 11 is 0. The van der Waals surface area contributed by atoms with Gasteiger partial charge in [-0.1, -0.05) is 24.3 Å². The molecule has 1 fully saturated rings. The Morgan fingerprint density at radius 3 is 2.45 bits per heavy atom. The van der Waals surface area contributed by atoms with Crippen molar-refractivity contribution < 1.29 is 9.53 Å². The molecule has 0 radical (unpaired) electrons. The third-order valence-corrected chi connectivity index (χ3v) is 3.44. The predicted molar refractivity (Wildman–Crippen MR) is 80.7 cm³/mol. The molecular formula is C16H22N2O2. The third kappa shape index (κ3) is 4.02. The molecule has 1 heterocycles. The monoisotopic (exact) mass is 274 g/mol. The van der Waals surface area contributed by atoms with E-state index < -0.39 is 0 Å². The number of ether oxygens (including phenoxy) is 1. The topological polar surface area (TPSA) is 41.6 Å². The number of carbonyl (C=O) groups excluding carboxylic acids is 1. The second kappa shape index (κ2) is 6.46. The van der Waals surface area contributed by atoms with Crippen LogP contribution in [0, 0.1) is 6.92 Å². The van der Waals surface area contributed by atoms with Gasteiger partial charge in [0.05, 0.1) is 5.76 Å². The van der Waals surface area contributed by atoms with Gasteiger partial charge in [0.25, 0.3) is 0 Å². The van der Waals surface area contributed by atoms with E-state index in [0.717, 1.165) is 31.6 Å². The van der Waals surface area contributed by atoms with Crippen molar-refractivity contribution in [1.82, 2.24) is 4.90 Å². The number of rotatable bonds is 3. The third-order valence-electron chi connectivity index (χ3n) is 3.44. The Morgan fingerprint density at radius 1 is 1.30 bits per heavy atom. The molecule has 1 aromatic carbocycles. The lowest BCUT2D eigenvalue weighted by Crippen LogP contribution is -2.42. The summed E-state index contributed by atoms with van der Waals surface area (Å²) in [5, 5.41) is 3.51. The summed E-state index contributed by atoms with van der Waals surface area (Å²) in [4.78, 5) is 13.5. The van der Waals surface area contributed by atoms with Crippen LogP contribution in [-0.2, 0) is 4.74 Å². The summed E-state index contributed by atoms with van der Waals surface area (Å²) < 4.78 is 5.03. The lowest BCUT2D eigenvalue weighted by molar-refractivity contribution is 0.119. The molecule has 1 saturated heterocycles. The highest BCUT2D eigenvalue weighted by molar-refractivity contribution is 5.68. The normalized spacial score (nSPS) is 15.8. The number of amides is 1. The number of piperidine rings is 1. The van der Waals surface area contributed by atoms with Gasteiger partial charge in [0.2, 0.25) is 0 Å². The fourth-order valence-corrected chi connectivity index (χ4v) is 2.31. The summed E-state index contributed by atoms with van der Waals surface area (Å²) in [7, 11) is 0. The van der Waals surface area contributed by atoms with Gasteiger partial charge in [0, 0.05) is 24.8 Å². The van der Waals surface area contributed by atoms with Crippen LogP contribution < -0.4 is 5.32 Å². The standard InChI is InChI=1S/C16H22N2O2/c1-12(2)20-16(19)18-10-8-15(9-11-18)17-14-6-4-13(3)5-7-14/h4-7,15,17H,1,8-11H2,2-3H3. The van der Waals surface area contributed by atoms with E-state index in [2.05, 4.69) is 43.1 Å². The lowest BCUT2D eigenvalue weighted by Gasteiger charge is -2.32. The molecule has 0 saturated carbocycles. The van der Waals surface area contributed by atoms with Crippen molar-refractivity contribution in [2.75, 3.05) is 18.4 Å². The first-order chi connectivity index (χ1) is 9.54. The first kappa shape index (κ1) is 14.4. The van der Waals surface area contributed by atoms with Crippen LogP contribution in [0.15, 0.2) is 36.6 Å². The van der Waals surface area contributed by atoms with Crippen molar-refractivity contribution in [1.29, 1.82) is 0 Å². The Kier molecular flexibility index (Phi) is 4.66. The van der Waals surface area contributed by atoms with Crippen molar-refractivity contribution >= 4 is 11.8 Å². The van der Waals surface area contributed by atoms with Crippen LogP contribution in [0.1, 0.15) is 25.3 Å². The highest BCUT2D eigenvalue weighted by atomic mass is 16.6. The van der Waals surface area contributed by atoms with Crippen LogP contribution in [0.25, 0.3) is 0 Å². The number of anilines is 1. The number of carbonyl (C=O) groups is 1. The van der Waals surface area contributed by atoms with Gasteiger partial charge in [-0.25, -0.2) is 4.79 Å². The van der Waals surface area contributed by atoms with Crippen LogP contribution in [0.2, 0.25) is 0 Å². The molecule has 1 aliphatic rings. The molecule has 1 aromatic rings. The van der Waals surface area contributed by atoms with Crippen molar-refractivity contribution in [2.24, 2.45) is 0 Å². The van der Waals surface area contributed by atoms with Crippen molar-refractivity contribution in [3.8, 4) is 0 Å². The Balaban J connectivity index is 1.81. The van der Waals surface area contributed by atoms with Gasteiger partial charge >= 0.3 is 6.09 Å². The number of allylic oxidation sites excluding steroid dienone is 1. The molecule has 20 heavy (non-hydrogen) atoms. The average molecular weight is 274 g/mol. The average Bonchev–Trinajstić information content (AvgIpc) is 2.41. The smallest absolute Gasteiger partial charge is 0.414 e. The van der Waals surface area contributed by atoms with E-state index in [9.17, 15) is 4.79 Å². The number of hydrogen-bond acceptors (Lipinski definition) is 3. The van der Waals surface area contributed by atoms with Crippen LogP contribution >= 0.6 is 0 Å². The summed E-state index contributed by atoms with van der Waals surface area (Å²) in [5.74, 6) is 0.440. The van der Waals surface area contributed by atoms with Gasteiger partial charge in [-0.3, -0.25) is 0 Å². The van der Waals surface area contributed by atoms with Crippen molar-refractivity contribution in [3.63, 3.8) is 0 Å². The van der Waals surface area contributed by atoms with E-state index in [1.807, 2.05) is 0 Å². The molecule has 4 heteroatoms. The molecule has 0 atom stereocenters. The van der Waals surface area contributed by atoms with E-state index in [1.165, 1.54) is 5.56 Å². The zero-order valence-electron chi connectivity index (χ0n) is 12.2. The molecule has 0 spiro atoms. The maximum Gasteiger partial charge on any atom is 0.414 e. The summed E-state index contributed by atoms with van der Waals surface area (Å²) in [6, 6.07) is 8.80. The second-order valence-electron chi connectivity index (χ2n) is 5.34. The maximum atomic E-state index is 11.7. The predicted octanol–water partition coefficient (Wildman–Crippen LogP) is 3.54. The van der Waals surface area contributed by atoms with Crippen LogP contribution in [0.5, 0.6) is 0 Å². The van der Waals surface area contributed by atoms with E-state index in [0.29, 0.717) is 11.8 Å². The molecule has 0 bridgehead atoms. The minimum atomic E-state index is -0.286. The molecule has 0 aliphatic carbocycles. The Labute approximate surface area is 120 Å². The van der Waals surface area contributed by atoms with Gasteiger partial charge in [-0.2, -0.15) is 0 Å². The fraction of sp³-hybridized carbons (Fsp3) is 0.438. The number of hydrogen-bond donors (Lipinski definition) is 1. The first-order valence-electron chi connectivity index (χ1n) is 7.00. The van der Waals surface area contributed by atoms with Gasteiger partial charge < -0.3 is 15.0 Å². The maximum absolute atomic E-state index is 11.7. The molecule has 0 aromatic heterocycles. The van der Waals surface area contributed by atoms with Gasteiger partial charge in [0.15, 0.2) is 0 Å².